The highest BCUT2D eigenvalue weighted by atomic mass is 16.5. The predicted molar refractivity (Wildman–Crippen MR) is 33.9 cm³/mol. The van der Waals surface area contributed by atoms with Crippen LogP contribution in [0.1, 0.15) is 5.69 Å². The van der Waals surface area contributed by atoms with E-state index in [4.69, 9.17) is 4.74 Å². The molecule has 0 amide bonds. The Morgan fingerprint density at radius 3 is 3.20 bits per heavy atom. The molecule has 0 saturated carbocycles. The summed E-state index contributed by atoms with van der Waals surface area (Å²) in [4.78, 5) is 3.88. The molecule has 0 unspecified atom stereocenters. The van der Waals surface area contributed by atoms with E-state index in [1.807, 2.05) is 0 Å². The third-order valence-corrected chi connectivity index (χ3v) is 1.02. The van der Waals surface area contributed by atoms with Crippen molar-refractivity contribution in [2.24, 2.45) is 0 Å². The van der Waals surface area contributed by atoms with Crippen LogP contribution >= 0.6 is 0 Å². The molecule has 0 aliphatic heterocycles. The lowest BCUT2D eigenvalue weighted by Crippen LogP contribution is -2.25. The summed E-state index contributed by atoms with van der Waals surface area (Å²) >= 11 is 0. The topological polar surface area (TPSA) is 49.1 Å². The van der Waals surface area contributed by atoms with Crippen molar-refractivity contribution in [3.63, 3.8) is 0 Å². The summed E-state index contributed by atoms with van der Waals surface area (Å²) in [6.45, 7) is 0.378. The number of nitrogens with zero attached hydrogens (tertiary/aromatic N) is 2. The van der Waals surface area contributed by atoms with Crippen LogP contribution in [0.4, 0.5) is 0 Å². The predicted octanol–water partition coefficient (Wildman–Crippen LogP) is -0.139. The van der Waals surface area contributed by atoms with Crippen molar-refractivity contribution in [1.82, 2.24) is 4.98 Å². The molecule has 0 N–H and O–H groups in total. The quantitative estimate of drug-likeness (QED) is 0.424. The monoisotopic (exact) mass is 140 g/mol. The molecule has 0 aliphatic carbocycles. The van der Waals surface area contributed by atoms with Crippen molar-refractivity contribution in [2.75, 3.05) is 7.11 Å². The Balaban J connectivity index is 2.75. The Morgan fingerprint density at radius 2 is 2.60 bits per heavy atom. The molecule has 1 rings (SSSR count). The van der Waals surface area contributed by atoms with Crippen molar-refractivity contribution in [1.29, 1.82) is 0 Å². The van der Waals surface area contributed by atoms with Gasteiger partial charge < -0.3 is 9.94 Å². The SMILES string of the molecule is COCc1c[n+]([O-])ccn1. The zero-order valence-electron chi connectivity index (χ0n) is 5.65. The first-order valence-electron chi connectivity index (χ1n) is 2.85. The number of hydrogen-bond donors (Lipinski definition) is 0. The van der Waals surface area contributed by atoms with Crippen LogP contribution in [-0.4, -0.2) is 12.1 Å². The van der Waals surface area contributed by atoms with Crippen LogP contribution in [0.5, 0.6) is 0 Å². The van der Waals surface area contributed by atoms with E-state index in [1.54, 1.807) is 7.11 Å². The zero-order chi connectivity index (χ0) is 7.40. The van der Waals surface area contributed by atoms with Crippen LogP contribution in [0.15, 0.2) is 18.6 Å². The fourth-order valence-corrected chi connectivity index (χ4v) is 0.640. The molecule has 0 bridgehead atoms. The second-order valence-electron chi connectivity index (χ2n) is 1.84. The molecule has 0 spiro atoms. The highest BCUT2D eigenvalue weighted by Crippen LogP contribution is 1.88. The molecule has 1 heterocycles. The number of rotatable bonds is 2. The van der Waals surface area contributed by atoms with Gasteiger partial charge in [0.2, 0.25) is 6.20 Å². The third-order valence-electron chi connectivity index (χ3n) is 1.02. The normalized spacial score (nSPS) is 9.70. The largest absolute Gasteiger partial charge is 0.619 e. The standard InChI is InChI=1S/C6H8N2O2/c1-10-5-6-4-8(9)3-2-7-6/h2-4H,5H2,1H3. The highest BCUT2D eigenvalue weighted by Gasteiger charge is 1.95. The van der Waals surface area contributed by atoms with Gasteiger partial charge in [0, 0.05) is 7.11 Å². The molecule has 4 nitrogen and oxygen atoms in total. The number of methoxy groups -OCH3 is 1. The lowest BCUT2D eigenvalue weighted by molar-refractivity contribution is -0.606. The van der Waals surface area contributed by atoms with E-state index in [0.717, 1.165) is 0 Å². The van der Waals surface area contributed by atoms with E-state index < -0.39 is 0 Å². The van der Waals surface area contributed by atoms with Crippen LogP contribution in [0, 0.1) is 5.21 Å². The Labute approximate surface area is 58.7 Å². The minimum atomic E-state index is 0.378. The Kier molecular flexibility index (Phi) is 2.17. The van der Waals surface area contributed by atoms with Crippen LogP contribution in [0.2, 0.25) is 0 Å². The number of aromatic nitrogens is 2. The van der Waals surface area contributed by atoms with Gasteiger partial charge in [-0.25, -0.2) is 4.98 Å². The minimum absolute atomic E-state index is 0.378. The van der Waals surface area contributed by atoms with Crippen LogP contribution in [0.25, 0.3) is 0 Å². The lowest BCUT2D eigenvalue weighted by atomic mass is 10.5. The maximum Gasteiger partial charge on any atom is 0.204 e. The summed E-state index contributed by atoms with van der Waals surface area (Å²) in [5.74, 6) is 0. The third kappa shape index (κ3) is 1.66. The Bertz CT molecular complexity index is 215. The van der Waals surface area contributed by atoms with Crippen molar-refractivity contribution < 1.29 is 9.47 Å². The van der Waals surface area contributed by atoms with Gasteiger partial charge in [0.25, 0.3) is 0 Å². The number of ether oxygens (including phenoxy) is 1. The molecule has 0 aromatic carbocycles. The minimum Gasteiger partial charge on any atom is -0.619 e. The smallest absolute Gasteiger partial charge is 0.204 e. The van der Waals surface area contributed by atoms with E-state index in [9.17, 15) is 5.21 Å². The molecule has 0 fully saturated rings. The first kappa shape index (κ1) is 6.95. The van der Waals surface area contributed by atoms with Gasteiger partial charge in [-0.1, -0.05) is 0 Å². The summed E-state index contributed by atoms with van der Waals surface area (Å²) in [7, 11) is 1.56. The second-order valence-corrected chi connectivity index (χ2v) is 1.84. The van der Waals surface area contributed by atoms with Crippen LogP contribution < -0.4 is 4.73 Å². The van der Waals surface area contributed by atoms with Gasteiger partial charge in [-0.3, -0.25) is 0 Å². The average molecular weight is 140 g/mol. The zero-order valence-corrected chi connectivity index (χ0v) is 5.65. The van der Waals surface area contributed by atoms with Crippen molar-refractivity contribution >= 4 is 0 Å². The van der Waals surface area contributed by atoms with Crippen LogP contribution in [0.3, 0.4) is 0 Å². The molecular weight excluding hydrogens is 132 g/mol. The summed E-state index contributed by atoms with van der Waals surface area (Å²) in [6, 6.07) is 0. The van der Waals surface area contributed by atoms with Gasteiger partial charge in [-0.2, -0.15) is 4.73 Å². The Morgan fingerprint density at radius 1 is 1.80 bits per heavy atom. The molecule has 0 atom stereocenters. The first-order chi connectivity index (χ1) is 4.83. The first-order valence-corrected chi connectivity index (χ1v) is 2.85. The van der Waals surface area contributed by atoms with E-state index in [-0.39, 0.29) is 0 Å². The van der Waals surface area contributed by atoms with Gasteiger partial charge in [-0.05, 0) is 0 Å². The summed E-state index contributed by atoms with van der Waals surface area (Å²) in [5, 5.41) is 10.6. The molecule has 0 radical (unpaired) electrons. The van der Waals surface area contributed by atoms with Gasteiger partial charge in [-0.15, -0.1) is 0 Å². The molecule has 0 saturated heterocycles. The summed E-state index contributed by atoms with van der Waals surface area (Å²) < 4.78 is 5.46. The molecule has 1 aromatic rings. The lowest BCUT2D eigenvalue weighted by Gasteiger charge is -1.97. The van der Waals surface area contributed by atoms with Gasteiger partial charge in [0.15, 0.2) is 6.20 Å². The Hall–Kier alpha value is -1.16. The van der Waals surface area contributed by atoms with Crippen LogP contribution in [-0.2, 0) is 11.3 Å². The fourth-order valence-electron chi connectivity index (χ4n) is 0.640. The summed E-state index contributed by atoms with van der Waals surface area (Å²) in [5.41, 5.74) is 0.639. The average Bonchev–Trinajstić information content (AvgIpc) is 1.88. The highest BCUT2D eigenvalue weighted by molar-refractivity contribution is 4.87. The van der Waals surface area contributed by atoms with Gasteiger partial charge in [0.1, 0.15) is 5.69 Å². The maximum atomic E-state index is 10.6. The molecule has 10 heavy (non-hydrogen) atoms. The van der Waals surface area contributed by atoms with Crippen molar-refractivity contribution in [3.05, 3.63) is 29.5 Å². The van der Waals surface area contributed by atoms with Gasteiger partial charge in [0.05, 0.1) is 12.8 Å². The molecule has 1 aromatic heterocycles. The molecule has 54 valence electrons. The van der Waals surface area contributed by atoms with Crippen molar-refractivity contribution in [3.8, 4) is 0 Å². The van der Waals surface area contributed by atoms with E-state index in [2.05, 4.69) is 4.98 Å². The van der Waals surface area contributed by atoms with Crippen molar-refractivity contribution in [2.45, 2.75) is 6.61 Å². The molecule has 0 aliphatic rings. The summed E-state index contributed by atoms with van der Waals surface area (Å²) in [6.07, 6.45) is 4.16. The molecular formula is C6H8N2O2. The number of hydrogen-bond acceptors (Lipinski definition) is 3. The fraction of sp³-hybridized carbons (Fsp3) is 0.333. The second kappa shape index (κ2) is 3.12. The van der Waals surface area contributed by atoms with E-state index >= 15 is 0 Å². The van der Waals surface area contributed by atoms with E-state index in [1.165, 1.54) is 18.6 Å². The van der Waals surface area contributed by atoms with E-state index in [0.29, 0.717) is 17.0 Å². The van der Waals surface area contributed by atoms with Gasteiger partial charge >= 0.3 is 0 Å². The maximum absolute atomic E-state index is 10.6. The molecule has 4 heteroatoms.